The maximum absolute atomic E-state index is 12.0. The van der Waals surface area contributed by atoms with Gasteiger partial charge in [0.05, 0.1) is 11.5 Å². The summed E-state index contributed by atoms with van der Waals surface area (Å²) in [6.45, 7) is 7.66. The van der Waals surface area contributed by atoms with E-state index in [0.29, 0.717) is 19.3 Å². The molecule has 0 radical (unpaired) electrons. The summed E-state index contributed by atoms with van der Waals surface area (Å²) >= 11 is 0. The first-order chi connectivity index (χ1) is 10.1. The molecule has 1 fully saturated rings. The molecule has 0 unspecified atom stereocenters. The molecule has 0 N–H and O–H groups in total. The number of unbranched alkanes of at least 4 members (excludes halogenated alkanes) is 3. The van der Waals surface area contributed by atoms with Gasteiger partial charge >= 0.3 is 11.8 Å². The van der Waals surface area contributed by atoms with Crippen LogP contribution in [0.15, 0.2) is 12.7 Å². The molecule has 6 nitrogen and oxygen atoms in total. The Morgan fingerprint density at radius 2 is 2.14 bits per heavy atom. The van der Waals surface area contributed by atoms with E-state index >= 15 is 0 Å². The highest BCUT2D eigenvalue weighted by Gasteiger charge is 2.75. The number of carbonyl (C=O) groups excluding carboxylic acids is 1. The Morgan fingerprint density at radius 1 is 1.43 bits per heavy atom. The second kappa shape index (κ2) is 8.00. The van der Waals surface area contributed by atoms with Crippen molar-refractivity contribution in [1.29, 1.82) is 0 Å². The predicted molar refractivity (Wildman–Crippen MR) is 80.6 cm³/mol. The maximum atomic E-state index is 12.0. The van der Waals surface area contributed by atoms with E-state index in [0.717, 1.165) is 25.7 Å². The number of allylic oxidation sites excluding steroid dienone is 1. The lowest BCUT2D eigenvalue weighted by Crippen LogP contribution is -2.32. The summed E-state index contributed by atoms with van der Waals surface area (Å²) in [7, 11) is 0. The first-order valence-electron chi connectivity index (χ1n) is 7.77. The summed E-state index contributed by atoms with van der Waals surface area (Å²) in [5, 5.41) is 11.5. The molecule has 1 aliphatic heterocycles. The zero-order valence-corrected chi connectivity index (χ0v) is 13.0. The van der Waals surface area contributed by atoms with Crippen molar-refractivity contribution in [3.05, 3.63) is 22.8 Å². The fourth-order valence-electron chi connectivity index (χ4n) is 2.89. The van der Waals surface area contributed by atoms with Crippen molar-refractivity contribution < 1.29 is 14.5 Å². The smallest absolute Gasteiger partial charge is 0.415 e. The Labute approximate surface area is 126 Å². The molecule has 0 aliphatic carbocycles. The minimum Gasteiger partial charge on any atom is -0.450 e. The number of amides is 1. The molecular weight excluding hydrogens is 272 g/mol. The van der Waals surface area contributed by atoms with Crippen molar-refractivity contribution in [1.82, 2.24) is 4.90 Å². The molecule has 0 spiro atoms. The highest BCUT2D eigenvalue weighted by atomic mass is 16.6. The molecule has 1 aliphatic rings. The fourth-order valence-corrected chi connectivity index (χ4v) is 2.89. The zero-order valence-electron chi connectivity index (χ0n) is 13.0. The molecule has 1 amide bonds. The van der Waals surface area contributed by atoms with Crippen LogP contribution in [0.3, 0.4) is 0 Å². The number of hydrogen-bond acceptors (Lipinski definition) is 4. The van der Waals surface area contributed by atoms with Crippen molar-refractivity contribution in [2.75, 3.05) is 6.61 Å². The third-order valence-corrected chi connectivity index (χ3v) is 4.02. The molecule has 1 heterocycles. The molecule has 6 heteroatoms. The lowest BCUT2D eigenvalue weighted by molar-refractivity contribution is -0.551. The van der Waals surface area contributed by atoms with Crippen molar-refractivity contribution >= 4 is 6.09 Å². The third-order valence-electron chi connectivity index (χ3n) is 4.02. The van der Waals surface area contributed by atoms with Crippen LogP contribution < -0.4 is 0 Å². The molecule has 0 saturated carbocycles. The summed E-state index contributed by atoms with van der Waals surface area (Å²) in [5.74, 6) is 0. The van der Waals surface area contributed by atoms with Crippen LogP contribution in [-0.4, -0.2) is 34.2 Å². The van der Waals surface area contributed by atoms with Crippen LogP contribution in [-0.2, 0) is 4.74 Å². The highest BCUT2D eigenvalue weighted by Crippen LogP contribution is 2.48. The lowest BCUT2D eigenvalue weighted by Gasteiger charge is -2.08. The second-order valence-corrected chi connectivity index (χ2v) is 5.40. The van der Waals surface area contributed by atoms with Crippen LogP contribution in [0.4, 0.5) is 4.79 Å². The van der Waals surface area contributed by atoms with Gasteiger partial charge < -0.3 is 4.74 Å². The topological polar surface area (TPSA) is 72.5 Å². The van der Waals surface area contributed by atoms with Crippen molar-refractivity contribution in [3.63, 3.8) is 0 Å². The molecular formula is C15H26N2O4. The molecule has 0 aromatic heterocycles. The number of carbonyl (C=O) groups is 1. The number of rotatable bonds is 10. The van der Waals surface area contributed by atoms with E-state index in [9.17, 15) is 14.9 Å². The lowest BCUT2D eigenvalue weighted by atomic mass is 10.0. The van der Waals surface area contributed by atoms with E-state index < -0.39 is 11.8 Å². The Bertz CT molecular complexity index is 386. The van der Waals surface area contributed by atoms with E-state index in [-0.39, 0.29) is 17.6 Å². The van der Waals surface area contributed by atoms with Gasteiger partial charge in [0.15, 0.2) is 0 Å². The Morgan fingerprint density at radius 3 is 2.67 bits per heavy atom. The Hall–Kier alpha value is -1.59. The van der Waals surface area contributed by atoms with Crippen LogP contribution in [0, 0.1) is 10.1 Å². The minimum atomic E-state index is -1.29. The van der Waals surface area contributed by atoms with Gasteiger partial charge in [-0.25, -0.2) is 9.69 Å². The van der Waals surface area contributed by atoms with E-state index in [2.05, 4.69) is 13.5 Å². The first-order valence-corrected chi connectivity index (χ1v) is 7.77. The molecule has 1 rings (SSSR count). The van der Waals surface area contributed by atoms with Crippen molar-refractivity contribution in [2.24, 2.45) is 0 Å². The van der Waals surface area contributed by atoms with Crippen molar-refractivity contribution in [2.45, 2.75) is 70.5 Å². The molecule has 2 atom stereocenters. The number of nitrogens with zero attached hydrogens (tertiary/aromatic N) is 2. The van der Waals surface area contributed by atoms with E-state index in [1.807, 2.05) is 0 Å². The van der Waals surface area contributed by atoms with Gasteiger partial charge in [0.2, 0.25) is 0 Å². The summed E-state index contributed by atoms with van der Waals surface area (Å²) in [5.41, 5.74) is -1.29. The predicted octanol–water partition coefficient (Wildman–Crippen LogP) is 3.74. The van der Waals surface area contributed by atoms with Gasteiger partial charge in [0.25, 0.3) is 0 Å². The SMILES string of the molecule is C=CCC[C@]1([N+](=O)[O-])[C@H](CCCCCC)N1C(=O)OCC. The summed E-state index contributed by atoms with van der Waals surface area (Å²) in [4.78, 5) is 24.5. The molecule has 0 bridgehead atoms. The highest BCUT2D eigenvalue weighted by molar-refractivity contribution is 5.73. The summed E-state index contributed by atoms with van der Waals surface area (Å²) < 4.78 is 4.97. The van der Waals surface area contributed by atoms with Gasteiger partial charge in [-0.15, -0.1) is 6.58 Å². The van der Waals surface area contributed by atoms with Crippen molar-refractivity contribution in [3.8, 4) is 0 Å². The van der Waals surface area contributed by atoms with Gasteiger partial charge in [0.1, 0.15) is 6.04 Å². The van der Waals surface area contributed by atoms with Gasteiger partial charge in [-0.3, -0.25) is 10.1 Å². The number of ether oxygens (including phenoxy) is 1. The molecule has 21 heavy (non-hydrogen) atoms. The Kier molecular flexibility index (Phi) is 6.65. The Balaban J connectivity index is 2.76. The van der Waals surface area contributed by atoms with Crippen LogP contribution in [0.2, 0.25) is 0 Å². The molecule has 0 aromatic carbocycles. The van der Waals surface area contributed by atoms with E-state index in [1.54, 1.807) is 13.0 Å². The summed E-state index contributed by atoms with van der Waals surface area (Å²) in [6.07, 6.45) is 6.74. The van der Waals surface area contributed by atoms with Gasteiger partial charge in [0, 0.05) is 6.42 Å². The fraction of sp³-hybridized carbons (Fsp3) is 0.800. The standard InChI is InChI=1S/C15H26N2O4/c1-4-7-9-10-11-13-15(17(19)20,12-8-5-2)16(13)14(18)21-6-3/h5,13H,2,4,6-12H2,1,3H3/t13-,15-,16?/m0/s1. The maximum Gasteiger partial charge on any atom is 0.415 e. The second-order valence-electron chi connectivity index (χ2n) is 5.40. The first kappa shape index (κ1) is 17.5. The molecule has 1 saturated heterocycles. The van der Waals surface area contributed by atoms with Gasteiger partial charge in [-0.1, -0.05) is 38.7 Å². The number of hydrogen-bond donors (Lipinski definition) is 0. The normalized spacial score (nSPS) is 23.7. The van der Waals surface area contributed by atoms with Gasteiger partial charge in [-0.2, -0.15) is 0 Å². The largest absolute Gasteiger partial charge is 0.450 e. The van der Waals surface area contributed by atoms with Gasteiger partial charge in [-0.05, 0) is 19.8 Å². The quantitative estimate of drug-likeness (QED) is 0.202. The van der Waals surface area contributed by atoms with Crippen LogP contribution in [0.25, 0.3) is 0 Å². The summed E-state index contributed by atoms with van der Waals surface area (Å²) in [6, 6.07) is -0.344. The average Bonchev–Trinajstić information content (AvgIpc) is 3.11. The van der Waals surface area contributed by atoms with Crippen LogP contribution in [0.5, 0.6) is 0 Å². The van der Waals surface area contributed by atoms with Crippen LogP contribution >= 0.6 is 0 Å². The number of nitro groups is 1. The third kappa shape index (κ3) is 3.74. The monoisotopic (exact) mass is 298 g/mol. The molecule has 0 aromatic rings. The average molecular weight is 298 g/mol. The minimum absolute atomic E-state index is 0.229. The molecule has 120 valence electrons. The van der Waals surface area contributed by atoms with E-state index in [1.165, 1.54) is 4.90 Å². The van der Waals surface area contributed by atoms with Crippen LogP contribution in [0.1, 0.15) is 58.8 Å². The van der Waals surface area contributed by atoms with E-state index in [4.69, 9.17) is 4.74 Å². The zero-order chi connectivity index (χ0) is 15.9.